The van der Waals surface area contributed by atoms with Gasteiger partial charge in [0.2, 0.25) is 0 Å². The van der Waals surface area contributed by atoms with Gasteiger partial charge in [-0.2, -0.15) is 5.06 Å². The summed E-state index contributed by atoms with van der Waals surface area (Å²) in [6.07, 6.45) is 5.10. The second-order valence-electron chi connectivity index (χ2n) is 6.49. The van der Waals surface area contributed by atoms with Crippen molar-refractivity contribution in [2.24, 2.45) is 5.92 Å². The first-order chi connectivity index (χ1) is 9.86. The summed E-state index contributed by atoms with van der Waals surface area (Å²) in [4.78, 5) is 8.37. The molecule has 0 aliphatic carbocycles. The number of benzene rings is 1. The van der Waals surface area contributed by atoms with Crippen LogP contribution in [-0.2, 0) is 11.3 Å². The van der Waals surface area contributed by atoms with Crippen molar-refractivity contribution in [2.75, 3.05) is 26.7 Å². The van der Waals surface area contributed by atoms with E-state index in [1.807, 2.05) is 7.11 Å². The molecule has 3 aliphatic heterocycles. The van der Waals surface area contributed by atoms with E-state index < -0.39 is 0 Å². The summed E-state index contributed by atoms with van der Waals surface area (Å²) in [5.74, 6) is 0.796. The molecule has 1 aromatic rings. The van der Waals surface area contributed by atoms with Crippen molar-refractivity contribution >= 4 is 0 Å². The van der Waals surface area contributed by atoms with Gasteiger partial charge in [0.1, 0.15) is 0 Å². The quantitative estimate of drug-likeness (QED) is 0.781. The molecule has 4 rings (SSSR count). The second kappa shape index (κ2) is 5.14. The number of hydrogen-bond acceptors (Lipinski definition) is 3. The lowest BCUT2D eigenvalue weighted by Gasteiger charge is -2.51. The summed E-state index contributed by atoms with van der Waals surface area (Å²) >= 11 is 0. The lowest BCUT2D eigenvalue weighted by molar-refractivity contribution is -0.205. The van der Waals surface area contributed by atoms with Crippen molar-refractivity contribution in [2.45, 2.75) is 37.8 Å². The predicted molar refractivity (Wildman–Crippen MR) is 79.3 cm³/mol. The third kappa shape index (κ3) is 2.00. The minimum absolute atomic E-state index is 0.608. The molecule has 108 valence electrons. The monoisotopic (exact) mass is 272 g/mol. The third-order valence-corrected chi connectivity index (χ3v) is 5.56. The molecule has 3 atom stereocenters. The summed E-state index contributed by atoms with van der Waals surface area (Å²) < 4.78 is 0. The first-order valence-corrected chi connectivity index (χ1v) is 7.99. The summed E-state index contributed by atoms with van der Waals surface area (Å²) in [7, 11) is 1.84. The molecule has 1 aromatic carbocycles. The maximum atomic E-state index is 5.64. The second-order valence-corrected chi connectivity index (χ2v) is 6.49. The van der Waals surface area contributed by atoms with Gasteiger partial charge in [0, 0.05) is 31.7 Å². The maximum Gasteiger partial charge on any atom is 0.0575 e. The molecule has 0 amide bonds. The average Bonchev–Trinajstić information content (AvgIpc) is 2.52. The molecule has 3 aliphatic rings. The van der Waals surface area contributed by atoms with Crippen molar-refractivity contribution in [1.82, 2.24) is 9.96 Å². The highest BCUT2D eigenvalue weighted by molar-refractivity contribution is 5.33. The maximum absolute atomic E-state index is 5.64. The van der Waals surface area contributed by atoms with Gasteiger partial charge in [-0.3, -0.25) is 4.90 Å². The molecule has 3 heterocycles. The van der Waals surface area contributed by atoms with Gasteiger partial charge in [0.15, 0.2) is 0 Å². The lowest BCUT2D eigenvalue weighted by atomic mass is 9.77. The van der Waals surface area contributed by atoms with Gasteiger partial charge >= 0.3 is 0 Å². The van der Waals surface area contributed by atoms with E-state index in [1.165, 1.54) is 38.8 Å². The molecular weight excluding hydrogens is 248 g/mol. The van der Waals surface area contributed by atoms with Gasteiger partial charge in [0.05, 0.1) is 7.11 Å². The van der Waals surface area contributed by atoms with E-state index >= 15 is 0 Å². The van der Waals surface area contributed by atoms with Gasteiger partial charge in [-0.05, 0) is 42.7 Å². The van der Waals surface area contributed by atoms with Crippen LogP contribution < -0.4 is 0 Å². The van der Waals surface area contributed by atoms with Gasteiger partial charge in [-0.25, -0.2) is 0 Å². The standard InChI is InChI=1S/C17H24N2O/c1-20-19-9-4-6-14-12-18-10-8-13-5-2-3-7-15(13)17(18)11-16(14)19/h2-3,5,7,14,16-17H,4,6,8-12H2,1H3. The van der Waals surface area contributed by atoms with Crippen LogP contribution in [0.5, 0.6) is 0 Å². The van der Waals surface area contributed by atoms with Crippen LogP contribution in [0.4, 0.5) is 0 Å². The van der Waals surface area contributed by atoms with Crippen molar-refractivity contribution < 1.29 is 4.84 Å². The molecule has 3 nitrogen and oxygen atoms in total. The molecule has 0 N–H and O–H groups in total. The molecule has 0 radical (unpaired) electrons. The Hall–Kier alpha value is -0.900. The molecule has 0 saturated carbocycles. The smallest absolute Gasteiger partial charge is 0.0575 e. The molecule has 20 heavy (non-hydrogen) atoms. The van der Waals surface area contributed by atoms with Crippen LogP contribution in [0, 0.1) is 5.92 Å². The van der Waals surface area contributed by atoms with Crippen LogP contribution in [0.1, 0.15) is 36.4 Å². The SMILES string of the molecule is CON1CCCC2CN3CCc4ccccc4C3CC21. The van der Waals surface area contributed by atoms with Crippen LogP contribution in [0.25, 0.3) is 0 Å². The zero-order valence-electron chi connectivity index (χ0n) is 12.3. The van der Waals surface area contributed by atoms with E-state index in [4.69, 9.17) is 4.84 Å². The van der Waals surface area contributed by atoms with Crippen molar-refractivity contribution in [3.05, 3.63) is 35.4 Å². The number of hydrogen-bond donors (Lipinski definition) is 0. The average molecular weight is 272 g/mol. The topological polar surface area (TPSA) is 15.7 Å². The highest BCUT2D eigenvalue weighted by atomic mass is 16.7. The lowest BCUT2D eigenvalue weighted by Crippen LogP contribution is -2.55. The molecular formula is C17H24N2O. The van der Waals surface area contributed by atoms with E-state index in [1.54, 1.807) is 11.1 Å². The van der Waals surface area contributed by atoms with Crippen LogP contribution in [-0.4, -0.2) is 42.7 Å². The Kier molecular flexibility index (Phi) is 3.29. The zero-order chi connectivity index (χ0) is 13.5. The summed E-state index contributed by atoms with van der Waals surface area (Å²) in [5.41, 5.74) is 3.13. The molecule has 2 saturated heterocycles. The Labute approximate surface area is 121 Å². The largest absolute Gasteiger partial charge is 0.302 e. The minimum Gasteiger partial charge on any atom is -0.302 e. The zero-order valence-corrected chi connectivity index (χ0v) is 12.3. The van der Waals surface area contributed by atoms with Gasteiger partial charge in [0.25, 0.3) is 0 Å². The molecule has 0 aromatic heterocycles. The van der Waals surface area contributed by atoms with Crippen LogP contribution in [0.15, 0.2) is 24.3 Å². The number of fused-ring (bicyclic) bond motifs is 4. The Balaban J connectivity index is 1.64. The minimum atomic E-state index is 0.608. The molecule has 2 fully saturated rings. The van der Waals surface area contributed by atoms with E-state index in [-0.39, 0.29) is 0 Å². The van der Waals surface area contributed by atoms with Gasteiger partial charge in [-0.15, -0.1) is 0 Å². The van der Waals surface area contributed by atoms with Crippen LogP contribution >= 0.6 is 0 Å². The molecule has 3 heteroatoms. The highest BCUT2D eigenvalue weighted by Gasteiger charge is 2.42. The van der Waals surface area contributed by atoms with Gasteiger partial charge in [-0.1, -0.05) is 24.3 Å². The highest BCUT2D eigenvalue weighted by Crippen LogP contribution is 2.42. The van der Waals surface area contributed by atoms with Crippen molar-refractivity contribution in [1.29, 1.82) is 0 Å². The summed E-state index contributed by atoms with van der Waals surface area (Å²) in [6, 6.07) is 10.3. The van der Waals surface area contributed by atoms with Gasteiger partial charge < -0.3 is 4.84 Å². The van der Waals surface area contributed by atoms with E-state index in [0.29, 0.717) is 12.1 Å². The van der Waals surface area contributed by atoms with Crippen LogP contribution in [0.3, 0.4) is 0 Å². The summed E-state index contributed by atoms with van der Waals surface area (Å²) in [5, 5.41) is 2.25. The summed E-state index contributed by atoms with van der Waals surface area (Å²) in [6.45, 7) is 3.59. The first kappa shape index (κ1) is 12.8. The first-order valence-electron chi connectivity index (χ1n) is 7.99. The number of hydroxylamine groups is 2. The number of piperidine rings is 2. The fraction of sp³-hybridized carbons (Fsp3) is 0.647. The van der Waals surface area contributed by atoms with Crippen LogP contribution in [0.2, 0.25) is 0 Å². The number of rotatable bonds is 1. The molecule has 3 unspecified atom stereocenters. The Morgan fingerprint density at radius 1 is 1.20 bits per heavy atom. The number of nitrogens with zero attached hydrogens (tertiary/aromatic N) is 2. The van der Waals surface area contributed by atoms with Crippen molar-refractivity contribution in [3.63, 3.8) is 0 Å². The Morgan fingerprint density at radius 3 is 3.00 bits per heavy atom. The molecule has 0 bridgehead atoms. The van der Waals surface area contributed by atoms with Crippen molar-refractivity contribution in [3.8, 4) is 0 Å². The predicted octanol–water partition coefficient (Wildman–Crippen LogP) is 2.63. The normalized spacial score (nSPS) is 34.1. The third-order valence-electron chi connectivity index (χ3n) is 5.56. The van der Waals surface area contributed by atoms with E-state index in [2.05, 4.69) is 34.2 Å². The molecule has 0 spiro atoms. The fourth-order valence-electron chi connectivity index (χ4n) is 4.58. The fourth-order valence-corrected chi connectivity index (χ4v) is 4.58. The van der Waals surface area contributed by atoms with E-state index in [0.717, 1.165) is 12.5 Å². The Morgan fingerprint density at radius 2 is 2.10 bits per heavy atom. The Bertz CT molecular complexity index is 490. The van der Waals surface area contributed by atoms with E-state index in [9.17, 15) is 0 Å².